The minimum atomic E-state index is -0.624. The molecule has 3 rings (SSSR count). The third kappa shape index (κ3) is 5.85. The predicted molar refractivity (Wildman–Crippen MR) is 117 cm³/mol. The Hall–Kier alpha value is -3.29. The molecule has 156 valence electrons. The number of hydroxylamine groups is 1. The highest BCUT2D eigenvalue weighted by atomic mass is 16.5. The fraction of sp³-hybridized carbons (Fsp3) is 0.261. The van der Waals surface area contributed by atoms with Gasteiger partial charge in [0.15, 0.2) is 5.78 Å². The minimum Gasteiger partial charge on any atom is -0.369 e. The van der Waals surface area contributed by atoms with Crippen LogP contribution in [0.25, 0.3) is 12.2 Å². The van der Waals surface area contributed by atoms with Gasteiger partial charge < -0.3 is 9.80 Å². The molecule has 0 unspecified atom stereocenters. The molecule has 2 N–H and O–H groups in total. The maximum absolute atomic E-state index is 12.5. The van der Waals surface area contributed by atoms with Crippen LogP contribution in [-0.4, -0.2) is 59.5 Å². The molecular weight excluding hydrogens is 380 g/mol. The summed E-state index contributed by atoms with van der Waals surface area (Å²) in [6.45, 7) is 7.41. The average Bonchev–Trinajstić information content (AvgIpc) is 2.81. The summed E-state index contributed by atoms with van der Waals surface area (Å²) in [7, 11) is 0. The first kappa shape index (κ1) is 21.4. The van der Waals surface area contributed by atoms with Crippen LogP contribution in [0.3, 0.4) is 0 Å². The van der Waals surface area contributed by atoms with Crippen LogP contribution in [-0.2, 0) is 4.79 Å². The van der Waals surface area contributed by atoms with Crippen LogP contribution in [0.2, 0.25) is 0 Å². The number of ketones is 1. The van der Waals surface area contributed by atoms with E-state index in [0.717, 1.165) is 44.0 Å². The van der Waals surface area contributed by atoms with Gasteiger partial charge in [0, 0.05) is 49.7 Å². The quantitative estimate of drug-likeness (QED) is 0.318. The summed E-state index contributed by atoms with van der Waals surface area (Å²) in [6, 6.07) is 11.3. The largest absolute Gasteiger partial charge is 0.369 e. The smallest absolute Gasteiger partial charge is 0.267 e. The number of carbonyl (C=O) groups excluding carboxylic acids is 2. The van der Waals surface area contributed by atoms with Crippen LogP contribution >= 0.6 is 0 Å². The Morgan fingerprint density at radius 1 is 1.03 bits per heavy atom. The number of aromatic nitrogens is 1. The molecule has 2 heterocycles. The zero-order chi connectivity index (χ0) is 21.3. The van der Waals surface area contributed by atoms with Crippen molar-refractivity contribution >= 4 is 29.5 Å². The molecule has 0 saturated carbocycles. The summed E-state index contributed by atoms with van der Waals surface area (Å²) in [5.74, 6) is -0.693. The van der Waals surface area contributed by atoms with Gasteiger partial charge in [-0.05, 0) is 60.7 Å². The Kier molecular flexibility index (Phi) is 7.48. The third-order valence-electron chi connectivity index (χ3n) is 5.09. The summed E-state index contributed by atoms with van der Waals surface area (Å²) in [5, 5.41) is 8.46. The van der Waals surface area contributed by atoms with Gasteiger partial charge in [-0.3, -0.25) is 19.8 Å². The van der Waals surface area contributed by atoms with Crippen molar-refractivity contribution in [3.8, 4) is 0 Å². The van der Waals surface area contributed by atoms with Gasteiger partial charge in [-0.15, -0.1) is 0 Å². The van der Waals surface area contributed by atoms with E-state index in [2.05, 4.69) is 21.7 Å². The van der Waals surface area contributed by atoms with Gasteiger partial charge in [0.25, 0.3) is 5.91 Å². The second-order valence-electron chi connectivity index (χ2n) is 6.99. The third-order valence-corrected chi connectivity index (χ3v) is 5.09. The molecule has 0 radical (unpaired) electrons. The number of piperazine rings is 1. The van der Waals surface area contributed by atoms with Gasteiger partial charge in [-0.1, -0.05) is 13.0 Å². The van der Waals surface area contributed by atoms with Crippen molar-refractivity contribution in [2.75, 3.05) is 37.6 Å². The first-order valence-electron chi connectivity index (χ1n) is 9.97. The molecule has 7 heteroatoms. The number of amides is 1. The molecule has 1 amide bonds. The molecule has 0 bridgehead atoms. The molecule has 7 nitrogen and oxygen atoms in total. The second-order valence-corrected chi connectivity index (χ2v) is 6.99. The van der Waals surface area contributed by atoms with Crippen molar-refractivity contribution < 1.29 is 14.8 Å². The Balaban J connectivity index is 1.57. The van der Waals surface area contributed by atoms with Crippen LogP contribution < -0.4 is 10.4 Å². The van der Waals surface area contributed by atoms with Gasteiger partial charge in [0.05, 0.1) is 5.69 Å². The lowest BCUT2D eigenvalue weighted by atomic mass is 10.1. The Labute approximate surface area is 176 Å². The molecule has 1 saturated heterocycles. The van der Waals surface area contributed by atoms with Crippen LogP contribution in [0, 0.1) is 0 Å². The highest BCUT2D eigenvalue weighted by Gasteiger charge is 2.15. The molecule has 0 spiro atoms. The lowest BCUT2D eigenvalue weighted by molar-refractivity contribution is -0.124. The normalized spacial score (nSPS) is 15.1. The van der Waals surface area contributed by atoms with E-state index in [1.165, 1.54) is 23.7 Å². The topological polar surface area (TPSA) is 85.8 Å². The minimum absolute atomic E-state index is 0.0686. The summed E-state index contributed by atoms with van der Waals surface area (Å²) >= 11 is 0. The standard InChI is InChI=1S/C23H26N4O3/c1-2-26-13-15-27(16-14-26)21-9-5-19(6-10-21)22(28)11-4-18-3-7-20(24-17-18)8-12-23(29)25-30/h3-12,17,30H,2,13-16H2,1H3,(H,25,29)/b11-4+,12-8+. The van der Waals surface area contributed by atoms with Crippen molar-refractivity contribution in [1.82, 2.24) is 15.4 Å². The summed E-state index contributed by atoms with van der Waals surface area (Å²) < 4.78 is 0. The lowest BCUT2D eigenvalue weighted by Crippen LogP contribution is -2.46. The Morgan fingerprint density at radius 3 is 2.37 bits per heavy atom. The van der Waals surface area contributed by atoms with Crippen LogP contribution in [0.1, 0.15) is 28.5 Å². The van der Waals surface area contributed by atoms with Gasteiger partial charge in [-0.2, -0.15) is 0 Å². The summed E-state index contributed by atoms with van der Waals surface area (Å²) in [6.07, 6.45) is 7.50. The number of hydrogen-bond donors (Lipinski definition) is 2. The van der Waals surface area contributed by atoms with E-state index in [1.807, 2.05) is 24.3 Å². The van der Waals surface area contributed by atoms with Crippen molar-refractivity contribution in [3.63, 3.8) is 0 Å². The molecule has 1 aromatic heterocycles. The number of carbonyl (C=O) groups is 2. The molecule has 1 fully saturated rings. The Bertz CT molecular complexity index is 912. The van der Waals surface area contributed by atoms with Gasteiger partial charge in [0.1, 0.15) is 0 Å². The van der Waals surface area contributed by atoms with E-state index < -0.39 is 5.91 Å². The van der Waals surface area contributed by atoms with E-state index in [4.69, 9.17) is 5.21 Å². The number of rotatable bonds is 7. The average molecular weight is 406 g/mol. The highest BCUT2D eigenvalue weighted by molar-refractivity contribution is 6.07. The van der Waals surface area contributed by atoms with E-state index in [-0.39, 0.29) is 5.78 Å². The number of pyridine rings is 1. The van der Waals surface area contributed by atoms with E-state index in [0.29, 0.717) is 11.3 Å². The van der Waals surface area contributed by atoms with Crippen LogP contribution in [0.5, 0.6) is 0 Å². The van der Waals surface area contributed by atoms with Crippen molar-refractivity contribution in [1.29, 1.82) is 0 Å². The van der Waals surface area contributed by atoms with Crippen molar-refractivity contribution in [3.05, 3.63) is 71.6 Å². The van der Waals surface area contributed by atoms with E-state index in [1.54, 1.807) is 24.4 Å². The van der Waals surface area contributed by atoms with Crippen LogP contribution in [0.4, 0.5) is 5.69 Å². The van der Waals surface area contributed by atoms with Gasteiger partial charge >= 0.3 is 0 Å². The molecule has 1 aliphatic heterocycles. The number of likely N-dealkylation sites (N-methyl/N-ethyl adjacent to an activating group) is 1. The SMILES string of the molecule is CCN1CCN(c2ccc(C(=O)/C=C/c3ccc(/C=C/C(=O)NO)nc3)cc2)CC1. The number of benzene rings is 1. The van der Waals surface area contributed by atoms with Gasteiger partial charge in [0.2, 0.25) is 0 Å². The highest BCUT2D eigenvalue weighted by Crippen LogP contribution is 2.18. The summed E-state index contributed by atoms with van der Waals surface area (Å²) in [4.78, 5) is 32.4. The molecule has 2 aromatic rings. The first-order chi connectivity index (χ1) is 14.6. The number of hydrogen-bond acceptors (Lipinski definition) is 6. The molecule has 0 aliphatic carbocycles. The molecule has 1 aromatic carbocycles. The number of nitrogens with zero attached hydrogens (tertiary/aromatic N) is 3. The number of allylic oxidation sites excluding steroid dienone is 1. The second kappa shape index (κ2) is 10.5. The van der Waals surface area contributed by atoms with E-state index >= 15 is 0 Å². The molecule has 0 atom stereocenters. The number of nitrogens with one attached hydrogen (secondary N) is 1. The maximum atomic E-state index is 12.5. The van der Waals surface area contributed by atoms with Crippen molar-refractivity contribution in [2.45, 2.75) is 6.92 Å². The first-order valence-corrected chi connectivity index (χ1v) is 9.97. The lowest BCUT2D eigenvalue weighted by Gasteiger charge is -2.35. The maximum Gasteiger partial charge on any atom is 0.267 e. The molecule has 30 heavy (non-hydrogen) atoms. The van der Waals surface area contributed by atoms with Crippen molar-refractivity contribution in [2.24, 2.45) is 0 Å². The molecular formula is C23H26N4O3. The fourth-order valence-corrected chi connectivity index (χ4v) is 3.24. The Morgan fingerprint density at radius 2 is 1.77 bits per heavy atom. The monoisotopic (exact) mass is 406 g/mol. The predicted octanol–water partition coefficient (Wildman–Crippen LogP) is 2.64. The number of anilines is 1. The fourth-order valence-electron chi connectivity index (χ4n) is 3.24. The zero-order valence-electron chi connectivity index (χ0n) is 17.0. The van der Waals surface area contributed by atoms with Gasteiger partial charge in [-0.25, -0.2) is 5.48 Å². The zero-order valence-corrected chi connectivity index (χ0v) is 17.0. The van der Waals surface area contributed by atoms with Crippen LogP contribution in [0.15, 0.2) is 54.7 Å². The summed E-state index contributed by atoms with van der Waals surface area (Å²) in [5.41, 5.74) is 4.65. The molecule has 1 aliphatic rings. The van der Waals surface area contributed by atoms with E-state index in [9.17, 15) is 9.59 Å².